The lowest BCUT2D eigenvalue weighted by Crippen LogP contribution is -2.40. The molecule has 2 N–H and O–H groups in total. The third-order valence-corrected chi connectivity index (χ3v) is 6.60. The number of nitrogens with zero attached hydrogens (tertiary/aromatic N) is 1. The molecule has 3 heteroatoms. The van der Waals surface area contributed by atoms with Gasteiger partial charge in [-0.1, -0.05) is 19.8 Å². The van der Waals surface area contributed by atoms with Crippen LogP contribution in [0, 0.1) is 5.92 Å². The molecule has 0 spiro atoms. The number of nitrogens with two attached hydrogens (primary N) is 1. The summed E-state index contributed by atoms with van der Waals surface area (Å²) in [5.41, 5.74) is 6.16. The zero-order chi connectivity index (χ0) is 13.9. The molecule has 0 amide bonds. The lowest BCUT2D eigenvalue weighted by atomic mass is 9.95. The first-order valence-corrected chi connectivity index (χ1v) is 9.19. The SMILES string of the molecule is CCc1ccc(C(CN)N2CCCC2C2CCCC2)s1. The Balaban J connectivity index is 1.76. The van der Waals surface area contributed by atoms with Crippen molar-refractivity contribution in [1.82, 2.24) is 4.90 Å². The molecule has 0 radical (unpaired) electrons. The van der Waals surface area contributed by atoms with Gasteiger partial charge in [-0.25, -0.2) is 0 Å². The second-order valence-electron chi connectivity index (χ2n) is 6.40. The smallest absolute Gasteiger partial charge is 0.0566 e. The average Bonchev–Trinajstić information content (AvgIpc) is 3.21. The van der Waals surface area contributed by atoms with Crippen LogP contribution in [0.4, 0.5) is 0 Å². The summed E-state index contributed by atoms with van der Waals surface area (Å²) in [7, 11) is 0. The van der Waals surface area contributed by atoms with E-state index in [2.05, 4.69) is 24.0 Å². The highest BCUT2D eigenvalue weighted by Crippen LogP contribution is 2.40. The maximum Gasteiger partial charge on any atom is 0.0566 e. The summed E-state index contributed by atoms with van der Waals surface area (Å²) in [4.78, 5) is 5.74. The van der Waals surface area contributed by atoms with Gasteiger partial charge in [0.2, 0.25) is 0 Å². The van der Waals surface area contributed by atoms with E-state index in [0.29, 0.717) is 6.04 Å². The van der Waals surface area contributed by atoms with Crippen molar-refractivity contribution in [2.24, 2.45) is 11.7 Å². The summed E-state index contributed by atoms with van der Waals surface area (Å²) in [6, 6.07) is 5.89. The van der Waals surface area contributed by atoms with Crippen molar-refractivity contribution in [2.75, 3.05) is 13.1 Å². The fourth-order valence-corrected chi connectivity index (χ4v) is 5.32. The van der Waals surface area contributed by atoms with Crippen LogP contribution in [0.15, 0.2) is 12.1 Å². The van der Waals surface area contributed by atoms with Gasteiger partial charge in [-0.2, -0.15) is 0 Å². The number of likely N-dealkylation sites (tertiary alicyclic amines) is 1. The molecule has 2 unspecified atom stereocenters. The van der Waals surface area contributed by atoms with Crippen LogP contribution in [0.3, 0.4) is 0 Å². The van der Waals surface area contributed by atoms with Crippen molar-refractivity contribution in [1.29, 1.82) is 0 Å². The first kappa shape index (κ1) is 14.6. The van der Waals surface area contributed by atoms with Gasteiger partial charge in [0.05, 0.1) is 6.04 Å². The predicted molar refractivity (Wildman–Crippen MR) is 87.2 cm³/mol. The normalized spacial score (nSPS) is 26.4. The Morgan fingerprint density at radius 1 is 1.25 bits per heavy atom. The van der Waals surface area contributed by atoms with E-state index in [4.69, 9.17) is 5.73 Å². The fraction of sp³-hybridized carbons (Fsp3) is 0.765. The van der Waals surface area contributed by atoms with Crippen LogP contribution < -0.4 is 5.73 Å². The van der Waals surface area contributed by atoms with E-state index in [9.17, 15) is 0 Å². The van der Waals surface area contributed by atoms with E-state index in [-0.39, 0.29) is 0 Å². The highest BCUT2D eigenvalue weighted by Gasteiger charge is 2.37. The first-order chi connectivity index (χ1) is 9.83. The molecule has 0 aromatic carbocycles. The van der Waals surface area contributed by atoms with Crippen molar-refractivity contribution in [2.45, 2.75) is 64.0 Å². The van der Waals surface area contributed by atoms with Gasteiger partial charge in [0.15, 0.2) is 0 Å². The van der Waals surface area contributed by atoms with Gasteiger partial charge in [0.1, 0.15) is 0 Å². The molecule has 3 rings (SSSR count). The number of hydrogen-bond acceptors (Lipinski definition) is 3. The highest BCUT2D eigenvalue weighted by atomic mass is 32.1. The molecule has 1 aliphatic heterocycles. The van der Waals surface area contributed by atoms with E-state index < -0.39 is 0 Å². The molecular formula is C17H28N2S. The van der Waals surface area contributed by atoms with Crippen molar-refractivity contribution in [3.8, 4) is 0 Å². The standard InChI is InChI=1S/C17H28N2S/c1-2-14-9-10-17(20-14)16(12-18)19-11-5-8-15(19)13-6-3-4-7-13/h9-10,13,15-16H,2-8,11-12,18H2,1H3. The van der Waals surface area contributed by atoms with Crippen LogP contribution in [0.5, 0.6) is 0 Å². The minimum Gasteiger partial charge on any atom is -0.329 e. The van der Waals surface area contributed by atoms with E-state index in [0.717, 1.165) is 24.9 Å². The van der Waals surface area contributed by atoms with Crippen molar-refractivity contribution in [3.05, 3.63) is 21.9 Å². The molecule has 2 heterocycles. The van der Waals surface area contributed by atoms with Gasteiger partial charge in [-0.15, -0.1) is 11.3 Å². The Morgan fingerprint density at radius 3 is 2.70 bits per heavy atom. The third-order valence-electron chi connectivity index (χ3n) is 5.27. The summed E-state index contributed by atoms with van der Waals surface area (Å²) in [6.07, 6.45) is 9.69. The monoisotopic (exact) mass is 292 g/mol. The molecule has 112 valence electrons. The van der Waals surface area contributed by atoms with Gasteiger partial charge in [-0.3, -0.25) is 4.90 Å². The number of thiophene rings is 1. The molecule has 1 saturated heterocycles. The Bertz CT molecular complexity index is 422. The molecule has 1 aliphatic carbocycles. The van der Waals surface area contributed by atoms with E-state index in [1.54, 1.807) is 0 Å². The number of aryl methyl sites for hydroxylation is 1. The summed E-state index contributed by atoms with van der Waals surface area (Å²) in [6.45, 7) is 4.26. The second-order valence-corrected chi connectivity index (χ2v) is 7.60. The molecule has 2 nitrogen and oxygen atoms in total. The zero-order valence-electron chi connectivity index (χ0n) is 12.7. The molecule has 1 aromatic rings. The maximum absolute atomic E-state index is 6.16. The van der Waals surface area contributed by atoms with Crippen LogP contribution in [-0.4, -0.2) is 24.0 Å². The van der Waals surface area contributed by atoms with Gasteiger partial charge in [-0.05, 0) is 56.7 Å². The van der Waals surface area contributed by atoms with E-state index in [1.807, 2.05) is 11.3 Å². The molecule has 2 aliphatic rings. The lowest BCUT2D eigenvalue weighted by molar-refractivity contribution is 0.140. The van der Waals surface area contributed by atoms with Gasteiger partial charge < -0.3 is 5.73 Å². The quantitative estimate of drug-likeness (QED) is 0.890. The predicted octanol–water partition coefficient (Wildman–Crippen LogP) is 3.96. The topological polar surface area (TPSA) is 29.3 Å². The molecule has 0 bridgehead atoms. The lowest BCUT2D eigenvalue weighted by Gasteiger charge is -2.35. The zero-order valence-corrected chi connectivity index (χ0v) is 13.5. The molecule has 2 atom stereocenters. The first-order valence-electron chi connectivity index (χ1n) is 8.38. The minimum atomic E-state index is 0.466. The molecule has 20 heavy (non-hydrogen) atoms. The number of rotatable bonds is 5. The Morgan fingerprint density at radius 2 is 2.05 bits per heavy atom. The molecule has 1 saturated carbocycles. The van der Waals surface area contributed by atoms with E-state index in [1.165, 1.54) is 54.8 Å². The third kappa shape index (κ3) is 2.81. The maximum atomic E-state index is 6.16. The average molecular weight is 292 g/mol. The largest absolute Gasteiger partial charge is 0.329 e. The second kappa shape index (κ2) is 6.59. The Labute approximate surface area is 127 Å². The van der Waals surface area contributed by atoms with Crippen LogP contribution in [0.2, 0.25) is 0 Å². The minimum absolute atomic E-state index is 0.466. The molecule has 1 aromatic heterocycles. The summed E-state index contributed by atoms with van der Waals surface area (Å²) < 4.78 is 0. The molecule has 2 fully saturated rings. The highest BCUT2D eigenvalue weighted by molar-refractivity contribution is 7.12. The Kier molecular flexibility index (Phi) is 4.79. The summed E-state index contributed by atoms with van der Waals surface area (Å²) >= 11 is 1.98. The van der Waals surface area contributed by atoms with Crippen LogP contribution in [-0.2, 0) is 6.42 Å². The van der Waals surface area contributed by atoms with Gasteiger partial charge >= 0.3 is 0 Å². The summed E-state index contributed by atoms with van der Waals surface area (Å²) in [5.74, 6) is 0.942. The summed E-state index contributed by atoms with van der Waals surface area (Å²) in [5, 5.41) is 0. The van der Waals surface area contributed by atoms with Crippen molar-refractivity contribution < 1.29 is 0 Å². The number of hydrogen-bond donors (Lipinski definition) is 1. The van der Waals surface area contributed by atoms with Crippen molar-refractivity contribution >= 4 is 11.3 Å². The molecular weight excluding hydrogens is 264 g/mol. The van der Waals surface area contributed by atoms with Crippen LogP contribution in [0.1, 0.15) is 61.2 Å². The van der Waals surface area contributed by atoms with Gasteiger partial charge in [0.25, 0.3) is 0 Å². The van der Waals surface area contributed by atoms with Crippen molar-refractivity contribution in [3.63, 3.8) is 0 Å². The van der Waals surface area contributed by atoms with Crippen LogP contribution >= 0.6 is 11.3 Å². The van der Waals surface area contributed by atoms with Gasteiger partial charge in [0, 0.05) is 22.3 Å². The fourth-order valence-electron chi connectivity index (χ4n) is 4.23. The Hall–Kier alpha value is -0.380. The van der Waals surface area contributed by atoms with Crippen LogP contribution in [0.25, 0.3) is 0 Å². The van der Waals surface area contributed by atoms with E-state index >= 15 is 0 Å².